The maximum Gasteiger partial charge on any atom is 0.278 e. The van der Waals surface area contributed by atoms with Gasteiger partial charge in [0.05, 0.1) is 11.3 Å². The predicted molar refractivity (Wildman–Crippen MR) is 103 cm³/mol. The number of anilines is 2. The molecule has 0 radical (unpaired) electrons. The quantitative estimate of drug-likeness (QED) is 0.812. The number of fused-ring (bicyclic) bond motifs is 5. The summed E-state index contributed by atoms with van der Waals surface area (Å²) in [5, 5.41) is 7.33. The van der Waals surface area contributed by atoms with E-state index in [0.29, 0.717) is 0 Å². The summed E-state index contributed by atoms with van der Waals surface area (Å²) >= 11 is 1.65. The maximum atomic E-state index is 13.4. The van der Waals surface area contributed by atoms with E-state index in [-0.39, 0.29) is 17.9 Å². The second-order valence-electron chi connectivity index (χ2n) is 7.53. The second kappa shape index (κ2) is 5.33. The van der Waals surface area contributed by atoms with E-state index in [0.717, 1.165) is 41.1 Å². The van der Waals surface area contributed by atoms with E-state index in [4.69, 9.17) is 0 Å². The molecule has 2 amide bonds. The Morgan fingerprint density at radius 2 is 1.88 bits per heavy atom. The Labute approximate surface area is 156 Å². The molecule has 1 spiro atoms. The van der Waals surface area contributed by atoms with Crippen LogP contribution in [0.2, 0.25) is 0 Å². The van der Waals surface area contributed by atoms with Crippen LogP contribution < -0.4 is 15.5 Å². The Morgan fingerprint density at radius 3 is 2.69 bits per heavy atom. The number of carbonyl (C=O) groups is 2. The van der Waals surface area contributed by atoms with Crippen molar-refractivity contribution in [3.8, 4) is 0 Å². The lowest BCUT2D eigenvalue weighted by molar-refractivity contribution is -0.123. The minimum absolute atomic E-state index is 0.0136. The van der Waals surface area contributed by atoms with Gasteiger partial charge in [0.25, 0.3) is 11.8 Å². The summed E-state index contributed by atoms with van der Waals surface area (Å²) < 4.78 is 0. The summed E-state index contributed by atoms with van der Waals surface area (Å²) in [4.78, 5) is 29.6. The highest BCUT2D eigenvalue weighted by atomic mass is 32.1. The molecule has 1 aromatic heterocycles. The van der Waals surface area contributed by atoms with Crippen molar-refractivity contribution in [2.45, 2.75) is 51.2 Å². The first-order valence-electron chi connectivity index (χ1n) is 9.21. The van der Waals surface area contributed by atoms with Crippen LogP contribution in [0.3, 0.4) is 0 Å². The van der Waals surface area contributed by atoms with Crippen molar-refractivity contribution in [3.63, 3.8) is 0 Å². The molecule has 0 saturated carbocycles. The third-order valence-electron chi connectivity index (χ3n) is 5.62. The molecule has 134 valence electrons. The smallest absolute Gasteiger partial charge is 0.278 e. The van der Waals surface area contributed by atoms with Crippen LogP contribution in [0.1, 0.15) is 53.1 Å². The predicted octanol–water partition coefficient (Wildman–Crippen LogP) is 3.39. The van der Waals surface area contributed by atoms with E-state index in [1.54, 1.807) is 16.2 Å². The fourth-order valence-corrected chi connectivity index (χ4v) is 5.83. The Hall–Kier alpha value is -2.34. The molecule has 3 heterocycles. The van der Waals surface area contributed by atoms with Crippen molar-refractivity contribution in [1.29, 1.82) is 0 Å². The average Bonchev–Trinajstić information content (AvgIpc) is 3.10. The molecule has 5 nitrogen and oxygen atoms in total. The first kappa shape index (κ1) is 15.9. The van der Waals surface area contributed by atoms with Gasteiger partial charge >= 0.3 is 0 Å². The minimum atomic E-state index is -1.20. The van der Waals surface area contributed by atoms with Crippen molar-refractivity contribution in [3.05, 3.63) is 45.8 Å². The number of rotatable bonds is 1. The fraction of sp³-hybridized carbons (Fsp3) is 0.400. The third-order valence-corrected chi connectivity index (χ3v) is 6.83. The van der Waals surface area contributed by atoms with E-state index in [1.165, 1.54) is 16.9 Å². The van der Waals surface area contributed by atoms with Crippen molar-refractivity contribution in [2.24, 2.45) is 0 Å². The van der Waals surface area contributed by atoms with Crippen molar-refractivity contribution < 1.29 is 9.59 Å². The zero-order chi connectivity index (χ0) is 18.1. The van der Waals surface area contributed by atoms with E-state index in [9.17, 15) is 9.59 Å². The van der Waals surface area contributed by atoms with Crippen molar-refractivity contribution in [1.82, 2.24) is 5.32 Å². The fourth-order valence-electron chi connectivity index (χ4n) is 4.49. The second-order valence-corrected chi connectivity index (χ2v) is 8.64. The molecular formula is C20H21N3O2S. The number of nitrogens with one attached hydrogen (secondary N) is 2. The van der Waals surface area contributed by atoms with Gasteiger partial charge in [-0.3, -0.25) is 9.59 Å². The van der Waals surface area contributed by atoms with Gasteiger partial charge in [-0.15, -0.1) is 11.3 Å². The number of hydrogen-bond donors (Lipinski definition) is 2. The van der Waals surface area contributed by atoms with Gasteiger partial charge in [0, 0.05) is 16.5 Å². The lowest BCUT2D eigenvalue weighted by Gasteiger charge is -2.35. The highest BCUT2D eigenvalue weighted by Crippen LogP contribution is 2.48. The number of hydrogen-bond acceptors (Lipinski definition) is 4. The molecule has 26 heavy (non-hydrogen) atoms. The topological polar surface area (TPSA) is 61.4 Å². The Kier molecular flexibility index (Phi) is 3.26. The molecular weight excluding hydrogens is 346 g/mol. The average molecular weight is 367 g/mol. The van der Waals surface area contributed by atoms with E-state index in [2.05, 4.69) is 10.6 Å². The monoisotopic (exact) mass is 367 g/mol. The minimum Gasteiger partial charge on any atom is -0.342 e. The van der Waals surface area contributed by atoms with Gasteiger partial charge in [-0.2, -0.15) is 0 Å². The van der Waals surface area contributed by atoms with Gasteiger partial charge in [0.2, 0.25) is 5.66 Å². The molecule has 6 heteroatoms. The summed E-state index contributed by atoms with van der Waals surface area (Å²) in [5.41, 5.74) is 2.42. The van der Waals surface area contributed by atoms with Crippen molar-refractivity contribution in [2.75, 3.05) is 10.2 Å². The van der Waals surface area contributed by atoms with Crippen LogP contribution in [0, 0.1) is 0 Å². The van der Waals surface area contributed by atoms with Crippen LogP contribution in [0.25, 0.3) is 0 Å². The number of thiophene rings is 1. The Balaban J connectivity index is 1.68. The molecule has 2 aromatic rings. The molecule has 0 fully saturated rings. The maximum absolute atomic E-state index is 13.4. The highest BCUT2D eigenvalue weighted by molar-refractivity contribution is 7.16. The van der Waals surface area contributed by atoms with Crippen LogP contribution in [-0.2, 0) is 23.3 Å². The van der Waals surface area contributed by atoms with E-state index < -0.39 is 5.66 Å². The first-order chi connectivity index (χ1) is 12.5. The number of benzene rings is 1. The zero-order valence-corrected chi connectivity index (χ0v) is 15.7. The van der Waals surface area contributed by atoms with Gasteiger partial charge < -0.3 is 15.5 Å². The molecule has 5 rings (SSSR count). The van der Waals surface area contributed by atoms with Gasteiger partial charge in [0.1, 0.15) is 5.00 Å². The van der Waals surface area contributed by atoms with Gasteiger partial charge in [0.15, 0.2) is 0 Å². The standard InChI is InChI=1S/C20H21N3O2S/c1-11(2)23-14-9-5-4-8-13(14)20(19(23)25)21-17(24)16-12-7-3-6-10-15(12)26-18(16)22-20/h4-5,8-9,11,22H,3,6-7,10H2,1-2H3,(H,21,24). The van der Waals surface area contributed by atoms with Crippen LogP contribution in [0.4, 0.5) is 10.7 Å². The number of nitrogens with zero attached hydrogens (tertiary/aromatic N) is 1. The van der Waals surface area contributed by atoms with Gasteiger partial charge in [-0.1, -0.05) is 18.2 Å². The van der Waals surface area contributed by atoms with Crippen LogP contribution in [0.15, 0.2) is 24.3 Å². The Morgan fingerprint density at radius 1 is 1.12 bits per heavy atom. The molecule has 1 atom stereocenters. The molecule has 2 aliphatic heterocycles. The normalized spacial score (nSPS) is 23.6. The summed E-state index contributed by atoms with van der Waals surface area (Å²) in [6.45, 7) is 3.99. The SMILES string of the molecule is CC(C)N1C(=O)C2(NC(=O)c3c(sc4c3CCCC4)N2)c2ccccc21. The number of carbonyl (C=O) groups excluding carboxylic acids is 2. The third kappa shape index (κ3) is 1.91. The molecule has 3 aliphatic rings. The van der Waals surface area contributed by atoms with Crippen LogP contribution in [-0.4, -0.2) is 17.9 Å². The molecule has 1 aromatic carbocycles. The zero-order valence-electron chi connectivity index (χ0n) is 14.9. The summed E-state index contributed by atoms with van der Waals surface area (Å²) in [6.07, 6.45) is 4.27. The summed E-state index contributed by atoms with van der Waals surface area (Å²) in [7, 11) is 0. The molecule has 0 saturated heterocycles. The number of aryl methyl sites for hydroxylation is 1. The van der Waals surface area contributed by atoms with E-state index in [1.807, 2.05) is 38.1 Å². The largest absolute Gasteiger partial charge is 0.342 e. The van der Waals surface area contributed by atoms with Crippen LogP contribution in [0.5, 0.6) is 0 Å². The Bertz CT molecular complexity index is 949. The first-order valence-corrected chi connectivity index (χ1v) is 10.0. The van der Waals surface area contributed by atoms with E-state index >= 15 is 0 Å². The summed E-state index contributed by atoms with van der Waals surface area (Å²) in [5.74, 6) is -0.244. The summed E-state index contributed by atoms with van der Waals surface area (Å²) in [6, 6.07) is 7.74. The van der Waals surface area contributed by atoms with Crippen LogP contribution >= 0.6 is 11.3 Å². The van der Waals surface area contributed by atoms with Gasteiger partial charge in [-0.25, -0.2) is 0 Å². The number of amides is 2. The lowest BCUT2D eigenvalue weighted by Crippen LogP contribution is -2.61. The molecule has 0 bridgehead atoms. The van der Waals surface area contributed by atoms with Crippen molar-refractivity contribution >= 4 is 33.8 Å². The highest BCUT2D eigenvalue weighted by Gasteiger charge is 2.56. The molecule has 1 unspecified atom stereocenters. The molecule has 2 N–H and O–H groups in total. The van der Waals surface area contributed by atoms with Gasteiger partial charge in [-0.05, 0) is 51.2 Å². The molecule has 1 aliphatic carbocycles. The number of para-hydroxylation sites is 1. The lowest BCUT2D eigenvalue weighted by atomic mass is 9.92.